The average Bonchev–Trinajstić information content (AvgIpc) is 2.68. The number of hydrogen-bond acceptors (Lipinski definition) is 3. The summed E-state index contributed by atoms with van der Waals surface area (Å²) < 4.78 is 0. The smallest absolute Gasteiger partial charge is 0.239 e. The molecule has 0 radical (unpaired) electrons. The van der Waals surface area contributed by atoms with Gasteiger partial charge in [0.1, 0.15) is 0 Å². The number of carbonyl (C=O) groups is 1. The lowest BCUT2D eigenvalue weighted by Crippen LogP contribution is -2.51. The lowest BCUT2D eigenvalue weighted by molar-refractivity contribution is -0.136. The third-order valence-electron chi connectivity index (χ3n) is 3.95. The summed E-state index contributed by atoms with van der Waals surface area (Å²) in [5.74, 6) is 0.521. The monoisotopic (exact) mass is 226 g/mol. The Morgan fingerprint density at radius 1 is 1.38 bits per heavy atom. The Bertz CT molecular complexity index is 257. The van der Waals surface area contributed by atoms with Crippen molar-refractivity contribution in [2.45, 2.75) is 44.2 Å². The summed E-state index contributed by atoms with van der Waals surface area (Å²) in [5, 5.41) is 12.8. The number of hydrogen-bond donors (Lipinski definition) is 2. The minimum absolute atomic E-state index is 0.00713. The summed E-state index contributed by atoms with van der Waals surface area (Å²) in [6.45, 7) is 1.61. The number of aliphatic hydroxyl groups excluding tert-OH is 1. The Morgan fingerprint density at radius 3 is 2.81 bits per heavy atom. The third kappa shape index (κ3) is 2.38. The van der Waals surface area contributed by atoms with Gasteiger partial charge in [-0.25, -0.2) is 0 Å². The summed E-state index contributed by atoms with van der Waals surface area (Å²) in [7, 11) is 1.84. The van der Waals surface area contributed by atoms with E-state index in [-0.39, 0.29) is 18.1 Å². The SMILES string of the molecule is CNC1CCCN(CC2CCCC2O)C1=O. The highest BCUT2D eigenvalue weighted by Crippen LogP contribution is 2.27. The molecule has 0 spiro atoms. The Balaban J connectivity index is 1.90. The van der Waals surface area contributed by atoms with Gasteiger partial charge >= 0.3 is 0 Å². The summed E-state index contributed by atoms with van der Waals surface area (Å²) in [6, 6.07) is -0.00713. The van der Waals surface area contributed by atoms with E-state index >= 15 is 0 Å². The fourth-order valence-corrected chi connectivity index (χ4v) is 2.90. The van der Waals surface area contributed by atoms with Gasteiger partial charge in [0.2, 0.25) is 5.91 Å². The van der Waals surface area contributed by atoms with Crippen LogP contribution in [0.2, 0.25) is 0 Å². The van der Waals surface area contributed by atoms with E-state index in [1.807, 2.05) is 11.9 Å². The molecule has 1 aliphatic carbocycles. The van der Waals surface area contributed by atoms with E-state index < -0.39 is 0 Å². The Labute approximate surface area is 97.0 Å². The molecule has 4 heteroatoms. The van der Waals surface area contributed by atoms with Crippen molar-refractivity contribution < 1.29 is 9.90 Å². The molecule has 4 nitrogen and oxygen atoms in total. The highest BCUT2D eigenvalue weighted by atomic mass is 16.3. The number of likely N-dealkylation sites (N-methyl/N-ethyl adjacent to an activating group) is 1. The Hall–Kier alpha value is -0.610. The van der Waals surface area contributed by atoms with Crippen LogP contribution in [0.3, 0.4) is 0 Å². The molecule has 1 heterocycles. The molecule has 3 atom stereocenters. The van der Waals surface area contributed by atoms with Crippen molar-refractivity contribution in [2.24, 2.45) is 5.92 Å². The van der Waals surface area contributed by atoms with Crippen LogP contribution in [0.1, 0.15) is 32.1 Å². The second-order valence-corrected chi connectivity index (χ2v) is 5.03. The largest absolute Gasteiger partial charge is 0.393 e. The second kappa shape index (κ2) is 5.15. The zero-order chi connectivity index (χ0) is 11.5. The van der Waals surface area contributed by atoms with Gasteiger partial charge in [0.05, 0.1) is 12.1 Å². The third-order valence-corrected chi connectivity index (χ3v) is 3.95. The molecule has 0 aromatic rings. The summed E-state index contributed by atoms with van der Waals surface area (Å²) in [4.78, 5) is 14.0. The number of nitrogens with one attached hydrogen (secondary N) is 1. The molecule has 0 aromatic heterocycles. The topological polar surface area (TPSA) is 52.6 Å². The molecule has 2 N–H and O–H groups in total. The molecule has 92 valence electrons. The van der Waals surface area contributed by atoms with Crippen LogP contribution in [-0.2, 0) is 4.79 Å². The van der Waals surface area contributed by atoms with Gasteiger partial charge in [-0.15, -0.1) is 0 Å². The number of likely N-dealkylation sites (tertiary alicyclic amines) is 1. The number of rotatable bonds is 3. The normalized spacial score (nSPS) is 35.8. The summed E-state index contributed by atoms with van der Waals surface area (Å²) in [6.07, 6.45) is 4.89. The van der Waals surface area contributed by atoms with Gasteiger partial charge in [-0.1, -0.05) is 6.42 Å². The molecule has 0 bridgehead atoms. The van der Waals surface area contributed by atoms with E-state index in [4.69, 9.17) is 0 Å². The summed E-state index contributed by atoms with van der Waals surface area (Å²) in [5.41, 5.74) is 0. The van der Waals surface area contributed by atoms with Gasteiger partial charge in [-0.3, -0.25) is 4.79 Å². The van der Waals surface area contributed by atoms with Crippen molar-refractivity contribution >= 4 is 5.91 Å². The first kappa shape index (κ1) is 11.9. The molecule has 0 aromatic carbocycles. The number of nitrogens with zero attached hydrogens (tertiary/aromatic N) is 1. The maximum absolute atomic E-state index is 12.0. The standard InChI is InChI=1S/C12H22N2O2/c1-13-10-5-3-7-14(12(10)16)8-9-4-2-6-11(9)15/h9-11,13,15H,2-8H2,1H3. The quantitative estimate of drug-likeness (QED) is 0.730. The molecule has 3 unspecified atom stereocenters. The van der Waals surface area contributed by atoms with Gasteiger partial charge in [0.25, 0.3) is 0 Å². The first-order valence-electron chi connectivity index (χ1n) is 6.36. The molecule has 2 aliphatic rings. The van der Waals surface area contributed by atoms with Gasteiger partial charge in [0.15, 0.2) is 0 Å². The van der Waals surface area contributed by atoms with Gasteiger partial charge in [-0.05, 0) is 32.7 Å². The number of aliphatic hydroxyl groups is 1. The van der Waals surface area contributed by atoms with Crippen LogP contribution in [0.25, 0.3) is 0 Å². The van der Waals surface area contributed by atoms with Crippen LogP contribution >= 0.6 is 0 Å². The van der Waals surface area contributed by atoms with Crippen molar-refractivity contribution in [1.82, 2.24) is 10.2 Å². The van der Waals surface area contributed by atoms with E-state index in [1.165, 1.54) is 0 Å². The van der Waals surface area contributed by atoms with E-state index in [0.29, 0.717) is 5.92 Å². The van der Waals surface area contributed by atoms with Crippen LogP contribution in [0.15, 0.2) is 0 Å². The van der Waals surface area contributed by atoms with E-state index in [9.17, 15) is 9.90 Å². The molecular formula is C12H22N2O2. The molecule has 1 saturated heterocycles. The lowest BCUT2D eigenvalue weighted by atomic mass is 10.0. The molecular weight excluding hydrogens is 204 g/mol. The number of carbonyl (C=O) groups excluding carboxylic acids is 1. The second-order valence-electron chi connectivity index (χ2n) is 5.03. The Kier molecular flexibility index (Phi) is 3.82. The minimum Gasteiger partial charge on any atom is -0.393 e. The molecule has 1 amide bonds. The molecule has 16 heavy (non-hydrogen) atoms. The average molecular weight is 226 g/mol. The predicted octanol–water partition coefficient (Wildman–Crippen LogP) is 0.358. The fraction of sp³-hybridized carbons (Fsp3) is 0.917. The number of piperidine rings is 1. The summed E-state index contributed by atoms with van der Waals surface area (Å²) >= 11 is 0. The predicted molar refractivity (Wildman–Crippen MR) is 62.0 cm³/mol. The van der Waals surface area contributed by atoms with Crippen molar-refractivity contribution in [1.29, 1.82) is 0 Å². The first-order valence-corrected chi connectivity index (χ1v) is 6.36. The molecule has 1 saturated carbocycles. The van der Waals surface area contributed by atoms with Gasteiger partial charge in [0, 0.05) is 19.0 Å². The highest BCUT2D eigenvalue weighted by molar-refractivity contribution is 5.82. The fourth-order valence-electron chi connectivity index (χ4n) is 2.90. The lowest BCUT2D eigenvalue weighted by Gasteiger charge is -2.34. The van der Waals surface area contributed by atoms with Crippen LogP contribution in [0.4, 0.5) is 0 Å². The first-order chi connectivity index (χ1) is 7.72. The van der Waals surface area contributed by atoms with Crippen LogP contribution in [-0.4, -0.2) is 48.2 Å². The van der Waals surface area contributed by atoms with Crippen molar-refractivity contribution in [3.05, 3.63) is 0 Å². The highest BCUT2D eigenvalue weighted by Gasteiger charge is 2.32. The maximum Gasteiger partial charge on any atom is 0.239 e. The maximum atomic E-state index is 12.0. The van der Waals surface area contributed by atoms with Crippen molar-refractivity contribution in [2.75, 3.05) is 20.1 Å². The van der Waals surface area contributed by atoms with E-state index in [1.54, 1.807) is 0 Å². The molecule has 1 aliphatic heterocycles. The molecule has 2 rings (SSSR count). The molecule has 2 fully saturated rings. The number of amides is 1. The minimum atomic E-state index is -0.192. The van der Waals surface area contributed by atoms with Crippen molar-refractivity contribution in [3.63, 3.8) is 0 Å². The zero-order valence-corrected chi connectivity index (χ0v) is 9.98. The van der Waals surface area contributed by atoms with Crippen molar-refractivity contribution in [3.8, 4) is 0 Å². The van der Waals surface area contributed by atoms with E-state index in [2.05, 4.69) is 5.32 Å². The van der Waals surface area contributed by atoms with E-state index in [0.717, 1.165) is 45.2 Å². The zero-order valence-electron chi connectivity index (χ0n) is 9.98. The Morgan fingerprint density at radius 2 is 2.19 bits per heavy atom. The van der Waals surface area contributed by atoms with Gasteiger partial charge < -0.3 is 15.3 Å². The van der Waals surface area contributed by atoms with Gasteiger partial charge in [-0.2, -0.15) is 0 Å². The van der Waals surface area contributed by atoms with Crippen LogP contribution in [0.5, 0.6) is 0 Å². The van der Waals surface area contributed by atoms with Crippen LogP contribution < -0.4 is 5.32 Å². The van der Waals surface area contributed by atoms with Crippen LogP contribution in [0, 0.1) is 5.92 Å².